The first kappa shape index (κ1) is 17.6. The average molecular weight is 322 g/mol. The number of fused-ring (bicyclic) bond motifs is 1. The van der Waals surface area contributed by atoms with Crippen LogP contribution in [0.3, 0.4) is 0 Å². The first-order valence-electron chi connectivity index (χ1n) is 7.78. The maximum atomic E-state index is 11.7. The molecule has 1 heterocycles. The van der Waals surface area contributed by atoms with Crippen LogP contribution < -0.4 is 4.74 Å². The maximum Gasteiger partial charge on any atom is 0.528 e. The maximum absolute atomic E-state index is 11.7. The third kappa shape index (κ3) is 5.73. The molecule has 0 atom stereocenters. The van der Waals surface area contributed by atoms with E-state index in [4.69, 9.17) is 14.3 Å². The minimum atomic E-state index is -0.673. The zero-order valence-corrected chi connectivity index (χ0v) is 14.6. The van der Waals surface area contributed by atoms with Gasteiger partial charge in [0, 0.05) is 6.54 Å². The lowest BCUT2D eigenvalue weighted by Crippen LogP contribution is -2.29. The Morgan fingerprint density at radius 2 is 1.91 bits per heavy atom. The molecule has 0 unspecified atom stereocenters. The minimum absolute atomic E-state index is 0.541. The van der Waals surface area contributed by atoms with Crippen molar-refractivity contribution in [2.24, 2.45) is 0 Å². The highest BCUT2D eigenvalue weighted by Crippen LogP contribution is 2.27. The predicted molar refractivity (Wildman–Crippen MR) is 87.1 cm³/mol. The van der Waals surface area contributed by atoms with Crippen LogP contribution in [0, 0.1) is 0 Å². The van der Waals surface area contributed by atoms with E-state index in [0.29, 0.717) is 19.7 Å². The Morgan fingerprint density at radius 3 is 2.57 bits per heavy atom. The van der Waals surface area contributed by atoms with Crippen LogP contribution in [0.4, 0.5) is 4.79 Å². The van der Waals surface area contributed by atoms with E-state index >= 15 is 0 Å². The SMILES string of the molecule is CN(C)CCOc1ccc2c(c1)CN(OC(=O)OC(C)(C)C)C2. The first-order valence-corrected chi connectivity index (χ1v) is 7.78. The molecule has 0 spiro atoms. The van der Waals surface area contributed by atoms with E-state index in [0.717, 1.165) is 23.4 Å². The van der Waals surface area contributed by atoms with Crippen LogP contribution in [-0.2, 0) is 22.7 Å². The minimum Gasteiger partial charge on any atom is -0.492 e. The molecule has 1 aliphatic rings. The van der Waals surface area contributed by atoms with Gasteiger partial charge in [-0.15, -0.1) is 5.06 Å². The highest BCUT2D eigenvalue weighted by atomic mass is 16.8. The quantitative estimate of drug-likeness (QED) is 0.777. The van der Waals surface area contributed by atoms with E-state index in [1.54, 1.807) is 5.06 Å². The van der Waals surface area contributed by atoms with Crippen molar-refractivity contribution in [3.8, 4) is 5.75 Å². The second-order valence-corrected chi connectivity index (χ2v) is 6.94. The Kier molecular flexibility index (Phi) is 5.49. The Hall–Kier alpha value is -1.79. The molecule has 0 aliphatic carbocycles. The van der Waals surface area contributed by atoms with Gasteiger partial charge in [-0.05, 0) is 58.1 Å². The van der Waals surface area contributed by atoms with Crippen LogP contribution in [-0.4, -0.2) is 49.0 Å². The molecule has 0 aromatic heterocycles. The van der Waals surface area contributed by atoms with Crippen molar-refractivity contribution >= 4 is 6.16 Å². The van der Waals surface area contributed by atoms with Crippen LogP contribution in [0.2, 0.25) is 0 Å². The van der Waals surface area contributed by atoms with E-state index in [9.17, 15) is 4.79 Å². The summed E-state index contributed by atoms with van der Waals surface area (Å²) >= 11 is 0. The molecule has 0 fully saturated rings. The van der Waals surface area contributed by atoms with Crippen molar-refractivity contribution in [1.82, 2.24) is 9.96 Å². The lowest BCUT2D eigenvalue weighted by atomic mass is 10.1. The molecule has 6 heteroatoms. The fraction of sp³-hybridized carbons (Fsp3) is 0.588. The summed E-state index contributed by atoms with van der Waals surface area (Å²) in [4.78, 5) is 19.0. The molecule has 6 nitrogen and oxygen atoms in total. The van der Waals surface area contributed by atoms with Gasteiger partial charge in [-0.25, -0.2) is 4.79 Å². The number of carbonyl (C=O) groups excluding carboxylic acids is 1. The number of hydroxylamine groups is 2. The van der Waals surface area contributed by atoms with Crippen LogP contribution in [0.15, 0.2) is 18.2 Å². The molecule has 0 amide bonds. The van der Waals surface area contributed by atoms with Crippen molar-refractivity contribution in [2.45, 2.75) is 39.5 Å². The Bertz CT molecular complexity index is 552. The van der Waals surface area contributed by atoms with E-state index in [1.165, 1.54) is 0 Å². The van der Waals surface area contributed by atoms with Gasteiger partial charge in [0.15, 0.2) is 0 Å². The molecule has 0 bridgehead atoms. The fourth-order valence-corrected chi connectivity index (χ4v) is 2.21. The van der Waals surface area contributed by atoms with Gasteiger partial charge in [0.1, 0.15) is 18.0 Å². The average Bonchev–Trinajstić information content (AvgIpc) is 2.77. The molecule has 1 aromatic carbocycles. The second kappa shape index (κ2) is 7.19. The molecular formula is C17H26N2O4. The summed E-state index contributed by atoms with van der Waals surface area (Å²) in [5, 5.41) is 1.60. The Morgan fingerprint density at radius 1 is 1.22 bits per heavy atom. The molecular weight excluding hydrogens is 296 g/mol. The van der Waals surface area contributed by atoms with Crippen LogP contribution in [0.5, 0.6) is 5.75 Å². The number of likely N-dealkylation sites (N-methyl/N-ethyl adjacent to an activating group) is 1. The summed E-state index contributed by atoms with van der Waals surface area (Å²) in [6, 6.07) is 5.97. The predicted octanol–water partition coefficient (Wildman–Crippen LogP) is 2.81. The normalized spacial score (nSPS) is 14.7. The summed E-state index contributed by atoms with van der Waals surface area (Å²) in [6.07, 6.45) is -0.673. The third-order valence-corrected chi connectivity index (χ3v) is 3.27. The van der Waals surface area contributed by atoms with Gasteiger partial charge in [-0.2, -0.15) is 0 Å². The molecule has 0 saturated heterocycles. The molecule has 0 radical (unpaired) electrons. The van der Waals surface area contributed by atoms with Gasteiger partial charge < -0.3 is 19.2 Å². The number of carbonyl (C=O) groups is 1. The zero-order valence-electron chi connectivity index (χ0n) is 14.6. The number of benzene rings is 1. The number of rotatable bonds is 5. The second-order valence-electron chi connectivity index (χ2n) is 6.94. The number of ether oxygens (including phenoxy) is 2. The summed E-state index contributed by atoms with van der Waals surface area (Å²) in [5.41, 5.74) is 1.68. The largest absolute Gasteiger partial charge is 0.528 e. The zero-order chi connectivity index (χ0) is 17.0. The van der Waals surface area contributed by atoms with Gasteiger partial charge in [0.25, 0.3) is 0 Å². The molecule has 0 saturated carbocycles. The molecule has 1 aliphatic heterocycles. The van der Waals surface area contributed by atoms with E-state index in [1.807, 2.05) is 53.1 Å². The van der Waals surface area contributed by atoms with Crippen molar-refractivity contribution in [2.75, 3.05) is 27.2 Å². The number of hydrogen-bond donors (Lipinski definition) is 0. The Balaban J connectivity index is 1.87. The summed E-state index contributed by atoms with van der Waals surface area (Å²) in [7, 11) is 4.02. The Labute approximate surface area is 137 Å². The topological polar surface area (TPSA) is 51.2 Å². The molecule has 0 N–H and O–H groups in total. The smallest absolute Gasteiger partial charge is 0.492 e. The fourth-order valence-electron chi connectivity index (χ4n) is 2.21. The van der Waals surface area contributed by atoms with Gasteiger partial charge in [0.2, 0.25) is 0 Å². The third-order valence-electron chi connectivity index (χ3n) is 3.27. The summed E-state index contributed by atoms with van der Waals surface area (Å²) < 4.78 is 10.9. The standard InChI is InChI=1S/C17H26N2O4/c1-17(2,3)22-16(20)23-19-11-13-6-7-15(10-14(13)12-19)21-9-8-18(4)5/h6-7,10H,8-9,11-12H2,1-5H3. The number of nitrogens with zero attached hydrogens (tertiary/aromatic N) is 2. The summed E-state index contributed by atoms with van der Waals surface area (Å²) in [5.74, 6) is 0.838. The van der Waals surface area contributed by atoms with Crippen molar-refractivity contribution < 1.29 is 19.1 Å². The lowest BCUT2D eigenvalue weighted by Gasteiger charge is -2.21. The van der Waals surface area contributed by atoms with Gasteiger partial charge in [0.05, 0.1) is 13.1 Å². The molecule has 1 aromatic rings. The monoisotopic (exact) mass is 322 g/mol. The first-order chi connectivity index (χ1) is 10.7. The van der Waals surface area contributed by atoms with Crippen molar-refractivity contribution in [1.29, 1.82) is 0 Å². The number of hydrogen-bond acceptors (Lipinski definition) is 6. The van der Waals surface area contributed by atoms with Crippen molar-refractivity contribution in [3.05, 3.63) is 29.3 Å². The van der Waals surface area contributed by atoms with Crippen LogP contribution in [0.1, 0.15) is 31.9 Å². The van der Waals surface area contributed by atoms with Gasteiger partial charge >= 0.3 is 6.16 Å². The highest BCUT2D eigenvalue weighted by Gasteiger charge is 2.25. The van der Waals surface area contributed by atoms with E-state index in [-0.39, 0.29) is 0 Å². The van der Waals surface area contributed by atoms with Gasteiger partial charge in [-0.3, -0.25) is 0 Å². The van der Waals surface area contributed by atoms with Gasteiger partial charge in [-0.1, -0.05) is 6.07 Å². The summed E-state index contributed by atoms with van der Waals surface area (Å²) in [6.45, 7) is 8.04. The van der Waals surface area contributed by atoms with Crippen LogP contribution in [0.25, 0.3) is 0 Å². The highest BCUT2D eigenvalue weighted by molar-refractivity contribution is 5.60. The lowest BCUT2D eigenvalue weighted by molar-refractivity contribution is -0.147. The van der Waals surface area contributed by atoms with Crippen molar-refractivity contribution in [3.63, 3.8) is 0 Å². The molecule has 23 heavy (non-hydrogen) atoms. The van der Waals surface area contributed by atoms with Crippen LogP contribution >= 0.6 is 0 Å². The molecule has 128 valence electrons. The van der Waals surface area contributed by atoms with E-state index in [2.05, 4.69) is 4.90 Å². The van der Waals surface area contributed by atoms with E-state index < -0.39 is 11.8 Å². The molecule has 2 rings (SSSR count).